The van der Waals surface area contributed by atoms with E-state index in [1.807, 2.05) is 227 Å². The van der Waals surface area contributed by atoms with E-state index < -0.39 is 23.9 Å². The molecule has 0 saturated carbocycles. The first-order valence-corrected chi connectivity index (χ1v) is 42.5. The summed E-state index contributed by atoms with van der Waals surface area (Å²) in [6.07, 6.45) is 0. The molecule has 32 heteroatoms. The number of ether oxygens (including phenoxy) is 2. The van der Waals surface area contributed by atoms with E-state index in [0.29, 0.717) is 54.9 Å². The molecule has 0 bridgehead atoms. The average molecular weight is 2000 g/mol. The summed E-state index contributed by atoms with van der Waals surface area (Å²) in [5.74, 6) is -3.89. The minimum absolute atomic E-state index is 0. The Hall–Kier alpha value is -16.1. The number of hydrogen-bond acceptors (Lipinski definition) is 25. The van der Waals surface area contributed by atoms with Gasteiger partial charge in [0.05, 0.1) is 30.9 Å². The zero-order valence-corrected chi connectivity index (χ0v) is 83.8. The van der Waals surface area contributed by atoms with Crippen LogP contribution in [-0.4, -0.2) is 96.7 Å². The third kappa shape index (κ3) is 46.5. The molecule has 0 aliphatic carbocycles. The summed E-state index contributed by atoms with van der Waals surface area (Å²) in [7, 11) is 2.63. The average Bonchev–Trinajstić information content (AvgIpc) is 0.788. The Labute approximate surface area is 893 Å². The van der Waals surface area contributed by atoms with Crippen LogP contribution >= 0.6 is 0 Å². The molecule has 0 aliphatic heterocycles. The van der Waals surface area contributed by atoms with E-state index in [1.54, 1.807) is 133 Å². The number of fused-ring (bicyclic) bond motifs is 5. The number of carbonyl (C=O) groups excluding carboxylic acids is 4. The fourth-order valence-electron chi connectivity index (χ4n) is 12.3. The van der Waals surface area contributed by atoms with Crippen LogP contribution in [0.1, 0.15) is 179 Å². The Morgan fingerprint density at radius 3 is 0.800 bits per heavy atom. The third-order valence-corrected chi connectivity index (χ3v) is 17.8. The van der Waals surface area contributed by atoms with Crippen LogP contribution in [0.5, 0.6) is 28.7 Å². The number of aromatic carboxylic acids is 1. The number of phenols is 5. The fraction of sp³-hybridized carbons (Fsp3) is 0.177. The quantitative estimate of drug-likeness (QED) is 0.0178. The Morgan fingerprint density at radius 1 is 0.290 bits per heavy atom. The molecule has 16 aromatic carbocycles. The summed E-state index contributed by atoms with van der Waals surface area (Å²) in [6, 6.07) is 99.4. The first-order chi connectivity index (χ1) is 66.1. The number of carboxylic acids is 3. The Kier molecular flexibility index (Phi) is 77.9. The number of nitrogens with two attached hydrogens (primary N) is 1. The number of phenolic OH excluding ortho intramolecular Hbond substituents is 5. The molecule has 0 spiro atoms. The van der Waals surface area contributed by atoms with Gasteiger partial charge in [0, 0.05) is 52.8 Å². The van der Waals surface area contributed by atoms with Crippen LogP contribution in [0.2, 0.25) is 0 Å². The zero-order chi connectivity index (χ0) is 102. The van der Waals surface area contributed by atoms with Crippen LogP contribution in [0.3, 0.4) is 0 Å². The number of nitroso groups, excluding NO2 is 2. The van der Waals surface area contributed by atoms with Crippen molar-refractivity contribution in [3.05, 3.63) is 392 Å². The first kappa shape index (κ1) is 142. The molecule has 0 aromatic heterocycles. The third-order valence-electron chi connectivity index (χ3n) is 17.8. The maximum absolute atomic E-state index is 12.8. The summed E-state index contributed by atoms with van der Waals surface area (Å²) >= 11 is 0. The van der Waals surface area contributed by atoms with Crippen LogP contribution in [0.25, 0.3) is 87.2 Å². The van der Waals surface area contributed by atoms with E-state index >= 15 is 0 Å². The number of esters is 2. The van der Waals surface area contributed by atoms with Gasteiger partial charge in [0.15, 0.2) is 11.4 Å². The van der Waals surface area contributed by atoms with Gasteiger partial charge in [0.2, 0.25) is 0 Å². The predicted octanol–water partition coefficient (Wildman–Crippen LogP) is 25.2. The molecule has 0 fully saturated rings. The second-order valence-electron chi connectivity index (χ2n) is 26.2. The van der Waals surface area contributed by atoms with Gasteiger partial charge in [-0.05, 0) is 232 Å². The van der Waals surface area contributed by atoms with Crippen molar-refractivity contribution in [1.29, 1.82) is 0 Å². The molecule has 0 aliphatic rings. The molecule has 16 aromatic rings. The Morgan fingerprint density at radius 2 is 0.517 bits per heavy atom. The maximum atomic E-state index is 12.8. The number of nitrogens with zero attached hydrogens (tertiary/aromatic N) is 4. The second kappa shape index (κ2) is 79.6. The van der Waals surface area contributed by atoms with Crippen LogP contribution < -0.4 is 75.5 Å². The molecule has 760 valence electrons. The molecule has 0 saturated heterocycles. The number of nitrogens with one attached hydrogen (secondary N) is 2. The molecular formula is C113H133N7Na2O23. The normalized spacial score (nSPS) is 8.79. The zero-order valence-electron chi connectivity index (χ0n) is 79.8. The van der Waals surface area contributed by atoms with E-state index in [0.717, 1.165) is 85.1 Å². The van der Waals surface area contributed by atoms with Crippen molar-refractivity contribution < 1.29 is 143 Å². The SMILES string of the molecule is C.C.C.C.C.C.CC.CC.CC.CC.CC.CC(=O)O.CC(=O)O.COC(=O)c1cccc2c(N=O)c(O)ccc12.COC(=O)c1cccc2cc(O)ccc12.Nc1ccc(-c2ccccc2)cc1.O=C(Nc1ccc(-c2ccccc2)cc1)c1cccc2cc(O)ccc12.O=C(O)c1cccc2cc(O)ccc12.O=N[O-].O=N[O-].O=Nc1c(O)ccc2c(C(=O)Nc3ccc(-c4ccccc4)cc3)cccc12.[Na+].[Na+]. The number of aliphatic carboxylic acids is 2. The number of methoxy groups -OCH3 is 2. The van der Waals surface area contributed by atoms with Crippen molar-refractivity contribution >= 4 is 124 Å². The fourth-order valence-corrected chi connectivity index (χ4v) is 12.3. The molecule has 0 heterocycles. The Balaban J connectivity index is -0.000000303. The monoisotopic (exact) mass is 2000 g/mol. The number of anilines is 3. The van der Waals surface area contributed by atoms with Crippen molar-refractivity contribution in [1.82, 2.24) is 0 Å². The molecule has 16 rings (SSSR count). The van der Waals surface area contributed by atoms with E-state index in [-0.39, 0.29) is 167 Å². The number of aromatic hydroxyl groups is 5. The van der Waals surface area contributed by atoms with E-state index in [4.69, 9.17) is 50.9 Å². The summed E-state index contributed by atoms with van der Waals surface area (Å²) in [5.41, 5.74) is 16.6. The van der Waals surface area contributed by atoms with Gasteiger partial charge in [-0.3, -0.25) is 19.2 Å². The molecule has 2 amide bonds. The molecule has 0 radical (unpaired) electrons. The van der Waals surface area contributed by atoms with E-state index in [9.17, 15) is 59.3 Å². The van der Waals surface area contributed by atoms with Crippen LogP contribution in [0, 0.1) is 30.0 Å². The Bertz CT molecular complexity index is 6510. The molecule has 0 atom stereocenters. The standard InChI is InChI=1S/C23H16N2O3.C23H17NO2.C12H9NO4.C12H11N.C12H10O3.C11H8O3.2C2H4O2.5C2H6.6CH4.2HNO2.2Na/c26-21-14-13-18-19(22(21)25-28)7-4-8-20(18)23(27)24-17-11-9-16(10-12-17)15-5-2-1-3-6-15;25-20-13-14-21-18(15-20)7-4-8-22(21)23(26)24-19-11-9-17(10-12-19)16-5-2-1-3-6-16;1-17-12(15)9-4-2-3-8-7(9)5-6-10(14)11(8)13-16;13-12-8-6-11(7-9-12)10-4-2-1-3-5-10;1-15-12(14)11-4-2-3-8-7-9(13)5-6-10(8)11;12-8-4-5-9-7(6-8)2-1-3-10(9)11(13)14;2*1-2(3)4;5*1-2;;;;;;;2*2-1-3;;/h1-14,26H,(H,24,27);1-15,25H,(H,24,26);2-6,14H,1H3;1-9H,13H2;2-7,13H,1H3;1-6,12H,(H,13,14);2*1H3,(H,3,4);5*1-2H3;6*1H4;2*(H,2,3);;/q;;;;;;;;;;;;;;;;;;;;;2*+1/p-2. The minimum atomic E-state index is -0.957. The predicted molar refractivity (Wildman–Crippen MR) is 587 cm³/mol. The van der Waals surface area contributed by atoms with Crippen LogP contribution in [0.15, 0.2) is 355 Å². The van der Waals surface area contributed by atoms with E-state index in [1.165, 1.54) is 43.5 Å². The topological polar surface area (TPSA) is 514 Å². The van der Waals surface area contributed by atoms with Gasteiger partial charge < -0.3 is 86.9 Å². The van der Waals surface area contributed by atoms with Crippen molar-refractivity contribution in [2.45, 2.75) is 128 Å². The summed E-state index contributed by atoms with van der Waals surface area (Å²) in [5, 5.41) is 107. The van der Waals surface area contributed by atoms with Crippen molar-refractivity contribution in [2.75, 3.05) is 30.6 Å². The molecular weight excluding hydrogens is 1870 g/mol. The van der Waals surface area contributed by atoms with Gasteiger partial charge in [0.1, 0.15) is 28.7 Å². The number of amides is 2. The van der Waals surface area contributed by atoms with E-state index in [2.05, 4.69) is 54.7 Å². The van der Waals surface area contributed by atoms with Gasteiger partial charge in [0.25, 0.3) is 23.8 Å². The summed E-state index contributed by atoms with van der Waals surface area (Å²) < 4.78 is 9.31. The number of rotatable bonds is 12. The van der Waals surface area contributed by atoms with Crippen LogP contribution in [0.4, 0.5) is 28.4 Å². The number of hydrogen-bond donors (Lipinski definition) is 11. The van der Waals surface area contributed by atoms with Crippen molar-refractivity contribution in [3.8, 4) is 62.1 Å². The minimum Gasteiger partial charge on any atom is -0.508 e. The van der Waals surface area contributed by atoms with Gasteiger partial charge in [-0.2, -0.15) is 0 Å². The molecule has 12 N–H and O–H groups in total. The maximum Gasteiger partial charge on any atom is 1.00 e. The molecule has 0 unspecified atom stereocenters. The van der Waals surface area contributed by atoms with Crippen molar-refractivity contribution in [3.63, 3.8) is 0 Å². The van der Waals surface area contributed by atoms with Crippen molar-refractivity contribution in [2.24, 2.45) is 21.0 Å². The van der Waals surface area contributed by atoms with Gasteiger partial charge >= 0.3 is 77.0 Å². The number of carbonyl (C=O) groups is 7. The smallest absolute Gasteiger partial charge is 0.508 e. The van der Waals surface area contributed by atoms with Crippen LogP contribution in [-0.2, 0) is 19.1 Å². The number of nitrogen functional groups attached to an aromatic ring is 1. The van der Waals surface area contributed by atoms with Gasteiger partial charge in [-0.1, -0.05) is 302 Å². The summed E-state index contributed by atoms with van der Waals surface area (Å²) in [6.45, 7) is 22.2. The largest absolute Gasteiger partial charge is 1.00 e. The first-order valence-electron chi connectivity index (χ1n) is 42.5. The number of benzene rings is 16. The molecule has 145 heavy (non-hydrogen) atoms. The molecule has 30 nitrogen and oxygen atoms in total. The van der Waals surface area contributed by atoms with Gasteiger partial charge in [-0.15, -0.1) is 20.5 Å². The summed E-state index contributed by atoms with van der Waals surface area (Å²) in [4.78, 5) is 115. The van der Waals surface area contributed by atoms with Gasteiger partial charge in [-0.25, -0.2) is 14.4 Å². The second-order valence-corrected chi connectivity index (χ2v) is 26.2. The number of carboxylic acid groups (broad SMARTS) is 3.